The van der Waals surface area contributed by atoms with Crippen LogP contribution in [0.2, 0.25) is 0 Å². The number of halogens is 2. The van der Waals surface area contributed by atoms with Crippen LogP contribution in [-0.4, -0.2) is 19.9 Å². The molecule has 0 spiro atoms. The van der Waals surface area contributed by atoms with Crippen molar-refractivity contribution in [3.8, 4) is 0 Å². The van der Waals surface area contributed by atoms with Gasteiger partial charge in [-0.2, -0.15) is 8.42 Å². The van der Waals surface area contributed by atoms with Crippen LogP contribution in [-0.2, 0) is 10.0 Å². The van der Waals surface area contributed by atoms with Crippen molar-refractivity contribution in [3.05, 3.63) is 46.8 Å². The highest BCUT2D eigenvalue weighted by molar-refractivity contribution is 9.10. The van der Waals surface area contributed by atoms with E-state index in [2.05, 4.69) is 31.0 Å². The van der Waals surface area contributed by atoms with Gasteiger partial charge < -0.3 is 5.32 Å². The van der Waals surface area contributed by atoms with Crippen molar-refractivity contribution in [3.63, 3.8) is 0 Å². The number of rotatable bonds is 5. The first-order chi connectivity index (χ1) is 9.95. The fourth-order valence-corrected chi connectivity index (χ4v) is 3.48. The first kappa shape index (κ1) is 15.7. The minimum atomic E-state index is -4.00. The van der Waals surface area contributed by atoms with Crippen LogP contribution >= 0.6 is 15.9 Å². The molecule has 0 unspecified atom stereocenters. The summed E-state index contributed by atoms with van der Waals surface area (Å²) in [7, 11) is -4.00. The molecule has 0 bridgehead atoms. The summed E-state index contributed by atoms with van der Waals surface area (Å²) in [6.07, 6.45) is 1.37. The fourth-order valence-electron chi connectivity index (χ4n) is 1.71. The van der Waals surface area contributed by atoms with Gasteiger partial charge in [-0.05, 0) is 47.1 Å². The molecular formula is C13H13BrFN3O2S. The fraction of sp³-hybridized carbons (Fsp3) is 0.154. The van der Waals surface area contributed by atoms with E-state index in [9.17, 15) is 12.8 Å². The molecule has 2 rings (SSSR count). The highest BCUT2D eigenvalue weighted by atomic mass is 79.9. The number of benzene rings is 1. The topological polar surface area (TPSA) is 71.1 Å². The van der Waals surface area contributed by atoms with Crippen molar-refractivity contribution in [1.29, 1.82) is 0 Å². The normalized spacial score (nSPS) is 11.2. The predicted octanol–water partition coefficient (Wildman–Crippen LogP) is 3.22. The third-order valence-corrected chi connectivity index (χ3v) is 4.56. The zero-order valence-corrected chi connectivity index (χ0v) is 13.5. The van der Waals surface area contributed by atoms with Gasteiger partial charge in [0.05, 0.1) is 11.4 Å². The number of pyridine rings is 1. The molecular weight excluding hydrogens is 361 g/mol. The van der Waals surface area contributed by atoms with Gasteiger partial charge in [0.15, 0.2) is 5.03 Å². The molecule has 0 aliphatic carbocycles. The Hall–Kier alpha value is -1.67. The van der Waals surface area contributed by atoms with Gasteiger partial charge in [0.2, 0.25) is 0 Å². The number of aromatic nitrogens is 1. The first-order valence-electron chi connectivity index (χ1n) is 6.11. The second kappa shape index (κ2) is 6.40. The zero-order chi connectivity index (χ0) is 15.5. The Morgan fingerprint density at radius 3 is 2.71 bits per heavy atom. The lowest BCUT2D eigenvalue weighted by molar-refractivity contribution is 0.595. The molecule has 1 aromatic heterocycles. The quantitative estimate of drug-likeness (QED) is 0.843. The summed E-state index contributed by atoms with van der Waals surface area (Å²) < 4.78 is 41.1. The molecule has 2 N–H and O–H groups in total. The molecule has 0 amide bonds. The molecule has 1 aromatic carbocycles. The molecule has 2 aromatic rings. The molecule has 1 heterocycles. The molecule has 5 nitrogen and oxygen atoms in total. The van der Waals surface area contributed by atoms with Crippen molar-refractivity contribution in [2.75, 3.05) is 16.6 Å². The second-order valence-corrected chi connectivity index (χ2v) is 6.54. The predicted molar refractivity (Wildman–Crippen MR) is 83.3 cm³/mol. The average Bonchev–Trinajstić information content (AvgIpc) is 2.44. The largest absolute Gasteiger partial charge is 0.383 e. The molecule has 21 heavy (non-hydrogen) atoms. The third-order valence-electron chi connectivity index (χ3n) is 2.59. The van der Waals surface area contributed by atoms with Crippen molar-refractivity contribution in [2.45, 2.75) is 11.9 Å². The van der Waals surface area contributed by atoms with Crippen LogP contribution < -0.4 is 10.0 Å². The van der Waals surface area contributed by atoms with Crippen LogP contribution in [0.4, 0.5) is 15.8 Å². The highest BCUT2D eigenvalue weighted by Gasteiger charge is 2.22. The number of para-hydroxylation sites is 1. The van der Waals surface area contributed by atoms with E-state index in [0.29, 0.717) is 16.7 Å². The lowest BCUT2D eigenvalue weighted by atomic mass is 10.3. The summed E-state index contributed by atoms with van der Waals surface area (Å²) in [5.41, 5.74) is 0.213. The Kier molecular flexibility index (Phi) is 4.79. The Labute approximate surface area is 130 Å². The van der Waals surface area contributed by atoms with E-state index >= 15 is 0 Å². The van der Waals surface area contributed by atoms with Gasteiger partial charge in [-0.1, -0.05) is 6.07 Å². The van der Waals surface area contributed by atoms with Crippen LogP contribution in [0, 0.1) is 5.82 Å². The van der Waals surface area contributed by atoms with E-state index in [1.54, 1.807) is 18.2 Å². The maximum atomic E-state index is 13.8. The lowest BCUT2D eigenvalue weighted by Gasteiger charge is -2.13. The number of nitrogens with zero attached hydrogens (tertiary/aromatic N) is 1. The van der Waals surface area contributed by atoms with Crippen molar-refractivity contribution in [2.24, 2.45) is 0 Å². The van der Waals surface area contributed by atoms with Crippen molar-refractivity contribution in [1.82, 2.24) is 4.98 Å². The minimum Gasteiger partial charge on any atom is -0.383 e. The van der Waals surface area contributed by atoms with Gasteiger partial charge in [-0.3, -0.25) is 4.72 Å². The Morgan fingerprint density at radius 1 is 1.29 bits per heavy atom. The Balaban J connectivity index is 2.44. The summed E-state index contributed by atoms with van der Waals surface area (Å²) in [4.78, 5) is 3.87. The van der Waals surface area contributed by atoms with Crippen LogP contribution in [0.25, 0.3) is 0 Å². The van der Waals surface area contributed by atoms with E-state index in [-0.39, 0.29) is 10.7 Å². The van der Waals surface area contributed by atoms with Gasteiger partial charge >= 0.3 is 0 Å². The van der Waals surface area contributed by atoms with Crippen molar-refractivity contribution >= 4 is 37.3 Å². The number of hydrogen-bond donors (Lipinski definition) is 2. The van der Waals surface area contributed by atoms with E-state index in [4.69, 9.17) is 0 Å². The maximum Gasteiger partial charge on any atom is 0.281 e. The maximum absolute atomic E-state index is 13.8. The lowest BCUT2D eigenvalue weighted by Crippen LogP contribution is -2.18. The zero-order valence-electron chi connectivity index (χ0n) is 11.1. The summed E-state index contributed by atoms with van der Waals surface area (Å²) in [5.74, 6) is -0.672. The minimum absolute atomic E-state index is 0.148. The summed E-state index contributed by atoms with van der Waals surface area (Å²) in [6.45, 7) is 2.38. The molecule has 112 valence electrons. The van der Waals surface area contributed by atoms with Crippen LogP contribution in [0.1, 0.15) is 6.92 Å². The monoisotopic (exact) mass is 373 g/mol. The van der Waals surface area contributed by atoms with E-state index < -0.39 is 15.8 Å². The molecule has 8 heteroatoms. The number of hydrogen-bond acceptors (Lipinski definition) is 4. The van der Waals surface area contributed by atoms with E-state index in [1.807, 2.05) is 6.92 Å². The Morgan fingerprint density at radius 2 is 2.05 bits per heavy atom. The molecule has 0 aliphatic rings. The smallest absolute Gasteiger partial charge is 0.281 e. The van der Waals surface area contributed by atoms with Gasteiger partial charge in [-0.15, -0.1) is 0 Å². The van der Waals surface area contributed by atoms with Gasteiger partial charge in [0.1, 0.15) is 5.82 Å². The van der Waals surface area contributed by atoms with E-state index in [1.165, 1.54) is 18.3 Å². The molecule has 0 saturated carbocycles. The van der Waals surface area contributed by atoms with Gasteiger partial charge in [-0.25, -0.2) is 9.37 Å². The molecule has 0 fully saturated rings. The molecule has 0 radical (unpaired) electrons. The first-order valence-corrected chi connectivity index (χ1v) is 8.39. The highest BCUT2D eigenvalue weighted by Crippen LogP contribution is 2.28. The third kappa shape index (κ3) is 3.51. The molecule has 0 saturated heterocycles. The summed E-state index contributed by atoms with van der Waals surface area (Å²) >= 11 is 3.12. The molecule has 0 atom stereocenters. The van der Waals surface area contributed by atoms with Gasteiger partial charge in [0, 0.05) is 17.2 Å². The Bertz CT molecular complexity index is 733. The summed E-state index contributed by atoms with van der Waals surface area (Å²) in [6, 6.07) is 7.41. The van der Waals surface area contributed by atoms with Crippen LogP contribution in [0.3, 0.4) is 0 Å². The second-order valence-electron chi connectivity index (χ2n) is 4.09. The van der Waals surface area contributed by atoms with E-state index in [0.717, 1.165) is 0 Å². The van der Waals surface area contributed by atoms with Gasteiger partial charge in [0.25, 0.3) is 10.0 Å². The standard InChI is InChI=1S/C13H13BrFN3O2S/c1-2-16-11-7-4-8-17-13(11)21(19,20)18-12-9(14)5-3-6-10(12)15/h3-8,16,18H,2H2,1H3. The van der Waals surface area contributed by atoms with Crippen molar-refractivity contribution < 1.29 is 12.8 Å². The SMILES string of the molecule is CCNc1cccnc1S(=O)(=O)Nc1c(F)cccc1Br. The molecule has 0 aliphatic heterocycles. The average molecular weight is 374 g/mol. The number of anilines is 2. The van der Waals surface area contributed by atoms with Crippen LogP contribution in [0.15, 0.2) is 46.0 Å². The number of nitrogens with one attached hydrogen (secondary N) is 2. The van der Waals surface area contributed by atoms with Crippen LogP contribution in [0.5, 0.6) is 0 Å². The number of sulfonamides is 1. The summed E-state index contributed by atoms with van der Waals surface area (Å²) in [5, 5.41) is 2.73.